The maximum atomic E-state index is 13.6. The summed E-state index contributed by atoms with van der Waals surface area (Å²) in [6, 6.07) is 18.1. The Morgan fingerprint density at radius 3 is 2.24 bits per heavy atom. The number of sulfonamides is 1. The van der Waals surface area contributed by atoms with E-state index in [-0.39, 0.29) is 44.4 Å². The molecule has 2 amide bonds. The summed E-state index contributed by atoms with van der Waals surface area (Å²) in [7, 11) is -0.371. The highest BCUT2D eigenvalue weighted by atomic mass is 35.5. The predicted octanol–water partition coefficient (Wildman–Crippen LogP) is 3.98. The van der Waals surface area contributed by atoms with Crippen LogP contribution in [0, 0.1) is 0 Å². The molecule has 202 valence electrons. The van der Waals surface area contributed by atoms with Crippen LogP contribution in [-0.2, 0) is 14.8 Å². The maximum absolute atomic E-state index is 13.6. The van der Waals surface area contributed by atoms with E-state index in [2.05, 4.69) is 10.6 Å². The highest BCUT2D eigenvalue weighted by Gasteiger charge is 2.28. The van der Waals surface area contributed by atoms with Crippen molar-refractivity contribution in [1.29, 1.82) is 0 Å². The Hall–Kier alpha value is -3.31. The van der Waals surface area contributed by atoms with Crippen molar-refractivity contribution in [3.8, 4) is 5.75 Å². The molecule has 0 bridgehead atoms. The Bertz CT molecular complexity index is 1350. The van der Waals surface area contributed by atoms with Gasteiger partial charge >= 0.3 is 0 Å². The largest absolute Gasteiger partial charge is 0.363 e. The molecule has 3 rings (SSSR count). The molecule has 0 atom stereocenters. The van der Waals surface area contributed by atoms with Crippen LogP contribution in [-0.4, -0.2) is 58.9 Å². The predicted molar refractivity (Wildman–Crippen MR) is 148 cm³/mol. The van der Waals surface area contributed by atoms with Crippen molar-refractivity contribution in [2.45, 2.75) is 11.3 Å². The molecular weight excluding hydrogens is 551 g/mol. The number of carbonyl (C=O) groups excluding carboxylic acids is 2. The number of para-hydroxylation sites is 1. The molecule has 9 nitrogen and oxygen atoms in total. The van der Waals surface area contributed by atoms with E-state index in [1.807, 2.05) is 19.0 Å². The summed E-state index contributed by atoms with van der Waals surface area (Å²) in [6.45, 7) is 1.14. The smallest absolute Gasteiger partial charge is 0.295 e. The lowest BCUT2D eigenvalue weighted by molar-refractivity contribution is -0.120. The molecule has 3 aromatic carbocycles. The lowest BCUT2D eigenvalue weighted by Gasteiger charge is -2.24. The van der Waals surface area contributed by atoms with Crippen molar-refractivity contribution < 1.29 is 22.8 Å². The molecule has 0 unspecified atom stereocenters. The van der Waals surface area contributed by atoms with E-state index in [1.54, 1.807) is 42.5 Å². The quantitative estimate of drug-likeness (QED) is 0.248. The van der Waals surface area contributed by atoms with Crippen LogP contribution in [0.15, 0.2) is 77.7 Å². The fraction of sp³-hybridized carbons (Fsp3) is 0.231. The number of amides is 2. The summed E-state index contributed by atoms with van der Waals surface area (Å²) in [4.78, 5) is 32.1. The molecule has 0 saturated carbocycles. The van der Waals surface area contributed by atoms with Gasteiger partial charge in [0, 0.05) is 12.1 Å². The number of nitrogens with one attached hydrogen (secondary N) is 2. The van der Waals surface area contributed by atoms with Crippen LogP contribution in [0.5, 0.6) is 5.75 Å². The summed E-state index contributed by atoms with van der Waals surface area (Å²) >= 11 is 12.3. The first-order valence-corrected chi connectivity index (χ1v) is 13.8. The topological polar surface area (TPSA) is 108 Å². The third-order valence-corrected chi connectivity index (χ3v) is 7.60. The van der Waals surface area contributed by atoms with Crippen LogP contribution in [0.25, 0.3) is 0 Å². The average molecular weight is 580 g/mol. The Kier molecular flexibility index (Phi) is 10.4. The Balaban J connectivity index is 1.73. The fourth-order valence-corrected chi connectivity index (χ4v) is 4.83. The number of hydrogen-bond donors (Lipinski definition) is 2. The van der Waals surface area contributed by atoms with Gasteiger partial charge < -0.3 is 20.4 Å². The zero-order chi connectivity index (χ0) is 27.7. The van der Waals surface area contributed by atoms with Gasteiger partial charge in [-0.2, -0.15) is 8.42 Å². The molecule has 2 N–H and O–H groups in total. The molecule has 0 aromatic heterocycles. The standard InChI is InChI=1S/C26H28Cl2N4O5S/c1-31(2)17-7-16-29-24(33)18-30-26(34)19-12-14-21(15-13-19)38(35,36)32(20-8-4-3-5-9-20)37-23-11-6-10-22(27)25(23)28/h3-6,8-15H,7,16-18H2,1-2H3,(H,29,33)(H,30,34). The Labute approximate surface area is 232 Å². The molecule has 0 radical (unpaired) electrons. The molecule has 0 aliphatic rings. The van der Waals surface area contributed by atoms with Gasteiger partial charge in [0.1, 0.15) is 5.02 Å². The Morgan fingerprint density at radius 2 is 1.58 bits per heavy atom. The van der Waals surface area contributed by atoms with Gasteiger partial charge in [-0.1, -0.05) is 51.9 Å². The van der Waals surface area contributed by atoms with E-state index in [0.717, 1.165) is 17.4 Å². The number of anilines is 1. The number of hydrogen-bond acceptors (Lipinski definition) is 6. The monoisotopic (exact) mass is 578 g/mol. The van der Waals surface area contributed by atoms with E-state index in [4.69, 9.17) is 28.0 Å². The van der Waals surface area contributed by atoms with Crippen molar-refractivity contribution in [3.05, 3.63) is 88.4 Å². The van der Waals surface area contributed by atoms with Crippen molar-refractivity contribution in [2.24, 2.45) is 0 Å². The minimum absolute atomic E-state index is 0.0441. The van der Waals surface area contributed by atoms with Crippen LogP contribution in [0.3, 0.4) is 0 Å². The molecule has 0 heterocycles. The van der Waals surface area contributed by atoms with Gasteiger partial charge in [0.2, 0.25) is 5.91 Å². The SMILES string of the molecule is CN(C)CCCNC(=O)CNC(=O)c1ccc(S(=O)(=O)N(Oc2cccc(Cl)c2Cl)c2ccccc2)cc1. The van der Waals surface area contributed by atoms with Gasteiger partial charge in [-0.3, -0.25) is 9.59 Å². The number of benzene rings is 3. The van der Waals surface area contributed by atoms with Crippen LogP contribution in [0.1, 0.15) is 16.8 Å². The zero-order valence-corrected chi connectivity index (χ0v) is 23.2. The molecule has 38 heavy (non-hydrogen) atoms. The Morgan fingerprint density at radius 1 is 0.895 bits per heavy atom. The van der Waals surface area contributed by atoms with Crippen LogP contribution >= 0.6 is 23.2 Å². The number of nitrogens with zero attached hydrogens (tertiary/aromatic N) is 2. The molecule has 0 saturated heterocycles. The second kappa shape index (κ2) is 13.5. The van der Waals surface area contributed by atoms with Crippen molar-refractivity contribution in [2.75, 3.05) is 38.2 Å². The highest BCUT2D eigenvalue weighted by molar-refractivity contribution is 7.92. The van der Waals surface area contributed by atoms with E-state index in [9.17, 15) is 18.0 Å². The third-order valence-electron chi connectivity index (χ3n) is 5.21. The highest BCUT2D eigenvalue weighted by Crippen LogP contribution is 2.34. The van der Waals surface area contributed by atoms with Gasteiger partial charge in [0.15, 0.2) is 5.75 Å². The lowest BCUT2D eigenvalue weighted by atomic mass is 10.2. The maximum Gasteiger partial charge on any atom is 0.295 e. The van der Waals surface area contributed by atoms with E-state index in [1.165, 1.54) is 30.3 Å². The van der Waals surface area contributed by atoms with Gasteiger partial charge in [0.05, 0.1) is 22.2 Å². The van der Waals surface area contributed by atoms with Gasteiger partial charge in [-0.25, -0.2) is 0 Å². The third kappa shape index (κ3) is 7.84. The van der Waals surface area contributed by atoms with Crippen molar-refractivity contribution >= 4 is 50.7 Å². The summed E-state index contributed by atoms with van der Waals surface area (Å²) in [6.07, 6.45) is 0.788. The summed E-state index contributed by atoms with van der Waals surface area (Å²) in [5, 5.41) is 5.51. The summed E-state index contributed by atoms with van der Waals surface area (Å²) in [5.74, 6) is -0.784. The second-order valence-electron chi connectivity index (χ2n) is 8.42. The minimum Gasteiger partial charge on any atom is -0.363 e. The van der Waals surface area contributed by atoms with Crippen molar-refractivity contribution in [1.82, 2.24) is 15.5 Å². The normalized spacial score (nSPS) is 11.2. The minimum atomic E-state index is -4.26. The van der Waals surface area contributed by atoms with E-state index in [0.29, 0.717) is 6.54 Å². The molecule has 12 heteroatoms. The zero-order valence-electron chi connectivity index (χ0n) is 20.9. The summed E-state index contributed by atoms with van der Waals surface area (Å²) in [5.41, 5.74) is 0.413. The molecule has 0 spiro atoms. The first kappa shape index (κ1) is 29.2. The van der Waals surface area contributed by atoms with Gasteiger partial charge in [-0.05, 0) is 75.6 Å². The van der Waals surface area contributed by atoms with Crippen LogP contribution in [0.4, 0.5) is 5.69 Å². The fourth-order valence-electron chi connectivity index (χ4n) is 3.26. The average Bonchev–Trinajstić information content (AvgIpc) is 2.91. The molecule has 0 aliphatic heterocycles. The van der Waals surface area contributed by atoms with Gasteiger partial charge in [-0.15, -0.1) is 0 Å². The molecule has 3 aromatic rings. The number of halogens is 2. The lowest BCUT2D eigenvalue weighted by Crippen LogP contribution is -2.37. The van der Waals surface area contributed by atoms with Crippen LogP contribution < -0.4 is 19.9 Å². The molecule has 0 fully saturated rings. The molecule has 0 aliphatic carbocycles. The van der Waals surface area contributed by atoms with Gasteiger partial charge in [0.25, 0.3) is 15.9 Å². The van der Waals surface area contributed by atoms with Crippen LogP contribution in [0.2, 0.25) is 10.0 Å². The molecular formula is C26H28Cl2N4O5S. The van der Waals surface area contributed by atoms with Crippen molar-refractivity contribution in [3.63, 3.8) is 0 Å². The first-order chi connectivity index (χ1) is 18.1. The van der Waals surface area contributed by atoms with E-state index < -0.39 is 15.9 Å². The summed E-state index contributed by atoms with van der Waals surface area (Å²) < 4.78 is 27.9. The number of rotatable bonds is 12. The second-order valence-corrected chi connectivity index (χ2v) is 11.0. The first-order valence-electron chi connectivity index (χ1n) is 11.6. The number of carbonyl (C=O) groups is 2. The van der Waals surface area contributed by atoms with E-state index >= 15 is 0 Å².